The van der Waals surface area contributed by atoms with Crippen LogP contribution < -0.4 is 21.3 Å². The van der Waals surface area contributed by atoms with Crippen molar-refractivity contribution in [2.45, 2.75) is 65.0 Å². The zero-order valence-corrected chi connectivity index (χ0v) is 31.6. The molecule has 0 radical (unpaired) electrons. The number of hydrogen-bond donors (Lipinski definition) is 4. The van der Waals surface area contributed by atoms with Gasteiger partial charge in [0.1, 0.15) is 5.82 Å². The van der Waals surface area contributed by atoms with Gasteiger partial charge in [0.15, 0.2) is 10.8 Å². The lowest BCUT2D eigenvalue weighted by Gasteiger charge is -2.80. The highest BCUT2D eigenvalue weighted by atomic mass is 32.1. The largest absolute Gasteiger partial charge is 0.476 e. The van der Waals surface area contributed by atoms with Crippen molar-refractivity contribution in [1.29, 1.82) is 0 Å². The van der Waals surface area contributed by atoms with E-state index >= 15 is 0 Å². The monoisotopic (exact) mass is 733 g/mol. The van der Waals surface area contributed by atoms with Crippen LogP contribution in [0.1, 0.15) is 84.0 Å². The number of fused-ring (bicyclic) bond motifs is 2. The number of para-hydroxylation sites is 1. The first-order valence-corrected chi connectivity index (χ1v) is 19.3. The molecule has 8 rings (SSSR count). The summed E-state index contributed by atoms with van der Waals surface area (Å²) in [5.41, 5.74) is 11.3. The minimum Gasteiger partial charge on any atom is -0.476 e. The summed E-state index contributed by atoms with van der Waals surface area (Å²) in [7, 11) is 1.94. The van der Waals surface area contributed by atoms with E-state index in [4.69, 9.17) is 20.4 Å². The highest BCUT2D eigenvalue weighted by Crippen LogP contribution is 2.88. The van der Waals surface area contributed by atoms with E-state index in [0.717, 1.165) is 47.2 Å². The van der Waals surface area contributed by atoms with Gasteiger partial charge in [0.25, 0.3) is 5.91 Å². The number of allylic oxidation sites excluding steroid dienone is 1. The minimum atomic E-state index is -1.14. The summed E-state index contributed by atoms with van der Waals surface area (Å²) in [6.45, 7) is 9.79. The number of aromatic carboxylic acids is 1. The molecular formula is C41H47N7O4S. The van der Waals surface area contributed by atoms with Crippen LogP contribution in [-0.2, 0) is 17.7 Å². The number of ether oxygens (including phenoxy) is 1. The average molecular weight is 734 g/mol. The Hall–Kier alpha value is -4.65. The van der Waals surface area contributed by atoms with E-state index in [1.54, 1.807) is 6.07 Å². The molecule has 12 heteroatoms. The molecule has 0 bridgehead atoms. The molecule has 4 aromatic rings. The molecule has 4 unspecified atom stereocenters. The Morgan fingerprint density at radius 2 is 1.89 bits per heavy atom. The molecule has 11 nitrogen and oxygen atoms in total. The van der Waals surface area contributed by atoms with E-state index in [2.05, 4.69) is 29.5 Å². The second-order valence-electron chi connectivity index (χ2n) is 15.7. The van der Waals surface area contributed by atoms with Crippen LogP contribution in [0.4, 0.5) is 10.9 Å². The first-order chi connectivity index (χ1) is 25.5. The minimum absolute atomic E-state index is 0.0614. The van der Waals surface area contributed by atoms with Crippen molar-refractivity contribution in [3.8, 4) is 0 Å². The predicted octanol–water partition coefficient (Wildman–Crippen LogP) is 6.54. The third-order valence-corrected chi connectivity index (χ3v) is 13.9. The molecule has 3 fully saturated rings. The number of amides is 1. The number of likely N-dealkylation sites (N-methyl/N-ethyl adjacent to an activating group) is 1. The number of rotatable bonds is 12. The third kappa shape index (κ3) is 5.40. The SMILES string of the molecule is CNCCOC12CCC3(C)CC(C)(C1)C32CN=C(C)/C(=C\N)c1ccc(N2CCc3cccc(C(=O)Nc4nc5ccccc5s4)c3C2)nc1C(=O)O. The normalized spacial score (nSPS) is 27.5. The van der Waals surface area contributed by atoms with E-state index in [1.807, 2.05) is 67.4 Å². The summed E-state index contributed by atoms with van der Waals surface area (Å²) >= 11 is 1.43. The van der Waals surface area contributed by atoms with Gasteiger partial charge in [-0.3, -0.25) is 15.1 Å². The Labute approximate surface area is 313 Å². The van der Waals surface area contributed by atoms with Crippen LogP contribution >= 0.6 is 11.3 Å². The summed E-state index contributed by atoms with van der Waals surface area (Å²) in [6, 6.07) is 17.2. The van der Waals surface area contributed by atoms with Crippen molar-refractivity contribution in [2.24, 2.45) is 27.0 Å². The molecule has 1 amide bonds. The van der Waals surface area contributed by atoms with Gasteiger partial charge in [-0.25, -0.2) is 14.8 Å². The lowest BCUT2D eigenvalue weighted by Crippen LogP contribution is -2.80. The zero-order valence-electron chi connectivity index (χ0n) is 30.8. The number of nitrogens with one attached hydrogen (secondary N) is 2. The molecular weight excluding hydrogens is 687 g/mol. The Morgan fingerprint density at radius 3 is 2.64 bits per heavy atom. The first-order valence-electron chi connectivity index (χ1n) is 18.5. The van der Waals surface area contributed by atoms with Gasteiger partial charge in [-0.05, 0) is 98.4 Å². The van der Waals surface area contributed by atoms with Crippen molar-refractivity contribution >= 4 is 55.7 Å². The summed E-state index contributed by atoms with van der Waals surface area (Å²) in [6.07, 6.45) is 6.53. The van der Waals surface area contributed by atoms with Crippen LogP contribution in [-0.4, -0.2) is 71.6 Å². The number of aromatic nitrogens is 2. The number of hydrogen-bond acceptors (Lipinski definition) is 10. The lowest BCUT2D eigenvalue weighted by atomic mass is 9.26. The maximum absolute atomic E-state index is 13.6. The number of carboxylic acid groups (broad SMARTS) is 1. The molecule has 4 atom stereocenters. The van der Waals surface area contributed by atoms with Crippen molar-refractivity contribution in [3.05, 3.63) is 88.7 Å². The van der Waals surface area contributed by atoms with Crippen molar-refractivity contribution in [3.63, 3.8) is 0 Å². The van der Waals surface area contributed by atoms with Gasteiger partial charge in [0.2, 0.25) is 0 Å². The average Bonchev–Trinajstić information content (AvgIpc) is 3.57. The lowest BCUT2D eigenvalue weighted by molar-refractivity contribution is -0.361. The molecule has 1 aliphatic heterocycles. The predicted molar refractivity (Wildman–Crippen MR) is 210 cm³/mol. The maximum atomic E-state index is 13.6. The fraction of sp³-hybridized carbons (Fsp3) is 0.439. The van der Waals surface area contributed by atoms with Gasteiger partial charge in [0.05, 0.1) is 22.4 Å². The van der Waals surface area contributed by atoms with Gasteiger partial charge in [-0.1, -0.05) is 49.4 Å². The standard InChI is InChI=1S/C41H47N7O4S/c1-25(44-24-41-38(2)15-16-40(41,52-19-17-43-4)23-39(41,3)22-38)29(20-42)27-12-13-33(46-34(27)36(50)51)48-18-14-26-8-7-9-28(30(26)21-48)35(49)47-37-45-31-10-5-6-11-32(31)53-37/h5-13,20,43H,14-19,21-24,42H2,1-4H3,(H,50,51)(H,45,47,49)/b29-20+,44-25?. The topological polar surface area (TPSA) is 155 Å². The maximum Gasteiger partial charge on any atom is 0.355 e. The number of pyridine rings is 1. The number of aliphatic imine (C=N–C) groups is 1. The van der Waals surface area contributed by atoms with Crippen LogP contribution in [0.25, 0.3) is 15.8 Å². The highest BCUT2D eigenvalue weighted by molar-refractivity contribution is 7.22. The molecule has 5 N–H and O–H groups in total. The molecule has 0 spiro atoms. The molecule has 2 aromatic heterocycles. The summed E-state index contributed by atoms with van der Waals surface area (Å²) in [5, 5.41) is 17.2. The van der Waals surface area contributed by atoms with E-state index in [0.29, 0.717) is 66.0 Å². The van der Waals surface area contributed by atoms with E-state index in [1.165, 1.54) is 24.0 Å². The summed E-state index contributed by atoms with van der Waals surface area (Å²) in [4.78, 5) is 42.8. The first kappa shape index (κ1) is 35.4. The van der Waals surface area contributed by atoms with Crippen LogP contribution in [0.15, 0.2) is 65.8 Å². The molecule has 3 saturated carbocycles. The van der Waals surface area contributed by atoms with Gasteiger partial charge < -0.3 is 25.8 Å². The van der Waals surface area contributed by atoms with Crippen LogP contribution in [0, 0.1) is 16.2 Å². The van der Waals surface area contributed by atoms with Crippen LogP contribution in [0.2, 0.25) is 0 Å². The number of nitrogens with two attached hydrogens (primary N) is 1. The zero-order chi connectivity index (χ0) is 37.2. The second-order valence-corrected chi connectivity index (χ2v) is 16.8. The number of carbonyl (C=O) groups is 2. The molecule has 53 heavy (non-hydrogen) atoms. The number of anilines is 2. The molecule has 2 aromatic carbocycles. The molecule has 276 valence electrons. The Kier molecular flexibility index (Phi) is 8.70. The van der Waals surface area contributed by atoms with Crippen LogP contribution in [0.5, 0.6) is 0 Å². The Balaban J connectivity index is 1.03. The number of carboxylic acids is 1. The fourth-order valence-corrected chi connectivity index (χ4v) is 11.6. The summed E-state index contributed by atoms with van der Waals surface area (Å²) < 4.78 is 7.68. The van der Waals surface area contributed by atoms with Gasteiger partial charge in [-0.15, -0.1) is 0 Å². The van der Waals surface area contributed by atoms with Crippen molar-refractivity contribution in [2.75, 3.05) is 43.5 Å². The highest BCUT2D eigenvalue weighted by Gasteiger charge is 2.87. The Morgan fingerprint density at radius 1 is 1.06 bits per heavy atom. The van der Waals surface area contributed by atoms with Gasteiger partial charge in [0, 0.05) is 60.2 Å². The number of carbonyl (C=O) groups excluding carboxylic acids is 1. The van der Waals surface area contributed by atoms with Crippen LogP contribution in [0.3, 0.4) is 0 Å². The quantitative estimate of drug-likeness (QED) is 0.0939. The molecule has 3 aliphatic carbocycles. The number of benzene rings is 2. The van der Waals surface area contributed by atoms with E-state index in [-0.39, 0.29) is 33.4 Å². The van der Waals surface area contributed by atoms with Gasteiger partial charge in [-0.2, -0.15) is 0 Å². The fourth-order valence-electron chi connectivity index (χ4n) is 10.8. The summed E-state index contributed by atoms with van der Waals surface area (Å²) in [5.74, 6) is -0.854. The van der Waals surface area contributed by atoms with Crippen molar-refractivity contribution < 1.29 is 19.4 Å². The smallest absolute Gasteiger partial charge is 0.355 e. The van der Waals surface area contributed by atoms with Gasteiger partial charge >= 0.3 is 5.97 Å². The van der Waals surface area contributed by atoms with Crippen molar-refractivity contribution in [1.82, 2.24) is 15.3 Å². The Bertz CT molecular complexity index is 2170. The third-order valence-electron chi connectivity index (χ3n) is 12.9. The molecule has 3 heterocycles. The van der Waals surface area contributed by atoms with E-state index in [9.17, 15) is 14.7 Å². The molecule has 0 saturated heterocycles. The molecule has 4 aliphatic rings. The number of nitrogens with zero attached hydrogens (tertiary/aromatic N) is 4. The van der Waals surface area contributed by atoms with E-state index < -0.39 is 5.97 Å². The second kappa shape index (κ2) is 13.0. The number of thiazole rings is 1.